The van der Waals surface area contributed by atoms with Gasteiger partial charge in [-0.3, -0.25) is 9.69 Å². The molecule has 0 spiro atoms. The normalized spacial score (nSPS) is 25.9. The van der Waals surface area contributed by atoms with Crippen LogP contribution >= 0.6 is 0 Å². The number of likely N-dealkylation sites (tertiary alicyclic amines) is 1. The van der Waals surface area contributed by atoms with Crippen LogP contribution in [0.1, 0.15) is 20.3 Å². The highest BCUT2D eigenvalue weighted by molar-refractivity contribution is 5.75. The van der Waals surface area contributed by atoms with E-state index in [2.05, 4.69) is 0 Å². The van der Waals surface area contributed by atoms with Crippen molar-refractivity contribution < 1.29 is 14.6 Å². The van der Waals surface area contributed by atoms with E-state index in [1.807, 2.05) is 11.8 Å². The van der Waals surface area contributed by atoms with Crippen molar-refractivity contribution in [2.24, 2.45) is 0 Å². The molecular formula is C9H17NO3. The van der Waals surface area contributed by atoms with E-state index < -0.39 is 0 Å². The summed E-state index contributed by atoms with van der Waals surface area (Å²) in [5.41, 5.74) is 0. The lowest BCUT2D eigenvalue weighted by Crippen LogP contribution is -2.38. The number of hydrogen-bond donors (Lipinski definition) is 1. The molecule has 13 heavy (non-hydrogen) atoms. The van der Waals surface area contributed by atoms with E-state index in [-0.39, 0.29) is 18.1 Å². The fraction of sp³-hybridized carbons (Fsp3) is 0.889. The molecule has 1 heterocycles. The third-order valence-corrected chi connectivity index (χ3v) is 2.37. The summed E-state index contributed by atoms with van der Waals surface area (Å²) in [5, 5.41) is 9.27. The highest BCUT2D eigenvalue weighted by atomic mass is 16.5. The summed E-state index contributed by atoms with van der Waals surface area (Å²) in [6, 6.07) is -0.225. The van der Waals surface area contributed by atoms with Crippen molar-refractivity contribution in [2.75, 3.05) is 19.7 Å². The Morgan fingerprint density at radius 3 is 2.92 bits per heavy atom. The zero-order valence-corrected chi connectivity index (χ0v) is 8.19. The maximum atomic E-state index is 11.3. The quantitative estimate of drug-likeness (QED) is 0.632. The molecule has 1 N–H and O–H groups in total. The van der Waals surface area contributed by atoms with Gasteiger partial charge in [0.1, 0.15) is 6.04 Å². The number of β-amino-alcohol motifs (C(OH)–C–C–N with tert-alkyl or cyclic N) is 1. The average molecular weight is 187 g/mol. The van der Waals surface area contributed by atoms with Gasteiger partial charge in [-0.2, -0.15) is 0 Å². The van der Waals surface area contributed by atoms with Crippen LogP contribution in [-0.4, -0.2) is 47.8 Å². The van der Waals surface area contributed by atoms with Crippen molar-refractivity contribution in [3.05, 3.63) is 0 Å². The zero-order chi connectivity index (χ0) is 9.84. The lowest BCUT2D eigenvalue weighted by molar-refractivity contribution is -0.148. The Morgan fingerprint density at radius 2 is 2.46 bits per heavy atom. The summed E-state index contributed by atoms with van der Waals surface area (Å²) < 4.78 is 4.89. The van der Waals surface area contributed by atoms with Crippen molar-refractivity contribution >= 4 is 5.97 Å². The van der Waals surface area contributed by atoms with Crippen LogP contribution in [0.25, 0.3) is 0 Å². The lowest BCUT2D eigenvalue weighted by atomic mass is 10.3. The topological polar surface area (TPSA) is 49.8 Å². The first-order valence-electron chi connectivity index (χ1n) is 4.74. The van der Waals surface area contributed by atoms with Crippen molar-refractivity contribution in [1.82, 2.24) is 4.90 Å². The smallest absolute Gasteiger partial charge is 0.323 e. The second-order valence-corrected chi connectivity index (χ2v) is 3.37. The molecule has 0 aliphatic carbocycles. The first-order valence-corrected chi connectivity index (χ1v) is 4.74. The van der Waals surface area contributed by atoms with Crippen molar-refractivity contribution in [3.63, 3.8) is 0 Å². The van der Waals surface area contributed by atoms with Crippen LogP contribution in [0.3, 0.4) is 0 Å². The molecule has 2 unspecified atom stereocenters. The number of aliphatic hydroxyl groups excluding tert-OH is 1. The molecule has 1 rings (SSSR count). The molecule has 0 aromatic carbocycles. The number of aliphatic hydroxyl groups is 1. The summed E-state index contributed by atoms with van der Waals surface area (Å²) in [6.07, 6.45) is 0.473. The van der Waals surface area contributed by atoms with Crippen LogP contribution in [0.2, 0.25) is 0 Å². The first kappa shape index (κ1) is 10.5. The Balaban J connectivity index is 2.38. The monoisotopic (exact) mass is 187 g/mol. The van der Waals surface area contributed by atoms with Crippen LogP contribution < -0.4 is 0 Å². The van der Waals surface area contributed by atoms with Crippen molar-refractivity contribution in [3.8, 4) is 0 Å². The fourth-order valence-electron chi connectivity index (χ4n) is 1.53. The van der Waals surface area contributed by atoms with Gasteiger partial charge in [0, 0.05) is 13.1 Å². The number of ether oxygens (including phenoxy) is 1. The molecule has 1 saturated heterocycles. The number of hydrogen-bond acceptors (Lipinski definition) is 4. The predicted octanol–water partition coefficient (Wildman–Crippen LogP) is 0.00460. The molecule has 2 atom stereocenters. The minimum atomic E-state index is -0.281. The Kier molecular flexibility index (Phi) is 3.69. The Bertz CT molecular complexity index is 184. The Labute approximate surface area is 78.5 Å². The summed E-state index contributed by atoms with van der Waals surface area (Å²) in [4.78, 5) is 13.2. The maximum Gasteiger partial charge on any atom is 0.323 e. The zero-order valence-electron chi connectivity index (χ0n) is 8.19. The molecule has 1 aliphatic rings. The van der Waals surface area contributed by atoms with E-state index in [4.69, 9.17) is 4.74 Å². The molecule has 76 valence electrons. The lowest BCUT2D eigenvalue weighted by Gasteiger charge is -2.21. The van der Waals surface area contributed by atoms with Gasteiger partial charge in [0.15, 0.2) is 0 Å². The van der Waals surface area contributed by atoms with Gasteiger partial charge in [0.25, 0.3) is 0 Å². The number of rotatable bonds is 3. The van der Waals surface area contributed by atoms with Gasteiger partial charge < -0.3 is 9.84 Å². The van der Waals surface area contributed by atoms with Gasteiger partial charge in [0.2, 0.25) is 0 Å². The van der Waals surface area contributed by atoms with Gasteiger partial charge >= 0.3 is 5.97 Å². The number of esters is 1. The molecule has 0 aromatic heterocycles. The molecule has 0 bridgehead atoms. The molecule has 4 heteroatoms. The highest BCUT2D eigenvalue weighted by Gasteiger charge is 2.28. The molecule has 0 amide bonds. The number of carbonyl (C=O) groups excluding carboxylic acids is 1. The number of nitrogens with zero attached hydrogens (tertiary/aromatic N) is 1. The highest BCUT2D eigenvalue weighted by Crippen LogP contribution is 2.13. The van der Waals surface area contributed by atoms with Crippen LogP contribution in [0.15, 0.2) is 0 Å². The Hall–Kier alpha value is -0.610. The second-order valence-electron chi connectivity index (χ2n) is 3.37. The minimum Gasteiger partial charge on any atom is -0.465 e. The van der Waals surface area contributed by atoms with Crippen LogP contribution in [0.4, 0.5) is 0 Å². The summed E-state index contributed by atoms with van der Waals surface area (Å²) >= 11 is 0. The second kappa shape index (κ2) is 4.58. The van der Waals surface area contributed by atoms with E-state index in [1.165, 1.54) is 0 Å². The molecule has 0 radical (unpaired) electrons. The van der Waals surface area contributed by atoms with Gasteiger partial charge in [0.05, 0.1) is 12.7 Å². The predicted molar refractivity (Wildman–Crippen MR) is 48.3 cm³/mol. The van der Waals surface area contributed by atoms with E-state index in [0.717, 1.165) is 13.0 Å². The molecule has 1 fully saturated rings. The summed E-state index contributed by atoms with van der Waals surface area (Å²) in [5.74, 6) is -0.198. The van der Waals surface area contributed by atoms with Gasteiger partial charge in [-0.15, -0.1) is 0 Å². The first-order chi connectivity index (χ1) is 6.15. The molecule has 4 nitrogen and oxygen atoms in total. The van der Waals surface area contributed by atoms with Crippen LogP contribution in [0, 0.1) is 0 Å². The van der Waals surface area contributed by atoms with Crippen molar-refractivity contribution in [1.29, 1.82) is 0 Å². The van der Waals surface area contributed by atoms with E-state index in [1.54, 1.807) is 6.92 Å². The van der Waals surface area contributed by atoms with E-state index in [0.29, 0.717) is 13.2 Å². The number of carbonyl (C=O) groups is 1. The van der Waals surface area contributed by atoms with Crippen LogP contribution in [-0.2, 0) is 9.53 Å². The van der Waals surface area contributed by atoms with Gasteiger partial charge in [-0.1, -0.05) is 0 Å². The van der Waals surface area contributed by atoms with E-state index in [9.17, 15) is 9.90 Å². The third-order valence-electron chi connectivity index (χ3n) is 2.37. The van der Waals surface area contributed by atoms with Crippen molar-refractivity contribution in [2.45, 2.75) is 32.4 Å². The Morgan fingerprint density at radius 1 is 1.77 bits per heavy atom. The summed E-state index contributed by atoms with van der Waals surface area (Å²) in [6.45, 7) is 5.39. The van der Waals surface area contributed by atoms with Crippen LogP contribution in [0.5, 0.6) is 0 Å². The third kappa shape index (κ3) is 2.67. The molecule has 0 aromatic rings. The minimum absolute atomic E-state index is 0.198. The standard InChI is InChI=1S/C9H17NO3/c1-3-13-9(12)7(2)10-5-4-8(11)6-10/h7-8,11H,3-6H2,1-2H3. The SMILES string of the molecule is CCOC(=O)C(C)N1CCC(O)C1. The summed E-state index contributed by atoms with van der Waals surface area (Å²) in [7, 11) is 0. The molecular weight excluding hydrogens is 170 g/mol. The van der Waals surface area contributed by atoms with Gasteiger partial charge in [-0.25, -0.2) is 0 Å². The van der Waals surface area contributed by atoms with Gasteiger partial charge in [-0.05, 0) is 20.3 Å². The average Bonchev–Trinajstić information content (AvgIpc) is 2.51. The van der Waals surface area contributed by atoms with E-state index >= 15 is 0 Å². The molecule has 1 aliphatic heterocycles. The fourth-order valence-corrected chi connectivity index (χ4v) is 1.53. The molecule has 0 saturated carbocycles. The maximum absolute atomic E-state index is 11.3. The largest absolute Gasteiger partial charge is 0.465 e.